The SMILES string of the molecule is C[Si](C)(CCCCOc1ccc(-c2ncc(OCc3ccccc3)cn2)cc1)CCC(F)(F)C(F)(F)C(F)(F)C(F)(F)C(F)(F)C(F)(F)F. The standard InChI is InChI=1S/C31H31F13N2O2Si/c1-49(2,17-14-26(32,33)27(34,35)28(36,37)29(38,39)30(40,41)31(42,43)44)16-7-6-15-47-23-12-10-22(11-13-23)25-45-18-24(19-46-25)48-20-21-8-4-3-5-9-21/h3-5,8-13,18-19H,6-7,14-17,20H2,1-2H3. The molecule has 0 aliphatic heterocycles. The fourth-order valence-corrected chi connectivity index (χ4v) is 6.90. The molecule has 0 atom stereocenters. The van der Waals surface area contributed by atoms with Crippen molar-refractivity contribution in [1.29, 1.82) is 0 Å². The van der Waals surface area contributed by atoms with Crippen LogP contribution in [0.3, 0.4) is 0 Å². The zero-order chi connectivity index (χ0) is 36.9. The zero-order valence-electron chi connectivity index (χ0n) is 25.9. The van der Waals surface area contributed by atoms with Gasteiger partial charge in [0.2, 0.25) is 0 Å². The molecule has 4 nitrogen and oxygen atoms in total. The number of halogens is 13. The number of hydrogen-bond donors (Lipinski definition) is 0. The number of alkyl halides is 13. The first-order chi connectivity index (χ1) is 22.5. The van der Waals surface area contributed by atoms with E-state index in [1.165, 1.54) is 25.5 Å². The van der Waals surface area contributed by atoms with E-state index in [1.54, 1.807) is 24.3 Å². The van der Waals surface area contributed by atoms with Crippen LogP contribution < -0.4 is 9.47 Å². The summed E-state index contributed by atoms with van der Waals surface area (Å²) in [4.78, 5) is 8.56. The molecule has 18 heteroatoms. The molecule has 0 aliphatic rings. The first-order valence-electron chi connectivity index (χ1n) is 14.6. The summed E-state index contributed by atoms with van der Waals surface area (Å²) in [6, 6.07) is 15.5. The van der Waals surface area contributed by atoms with Gasteiger partial charge in [0, 0.05) is 20.1 Å². The Kier molecular flexibility index (Phi) is 12.0. The molecule has 1 heterocycles. The van der Waals surface area contributed by atoms with Gasteiger partial charge in [-0.2, -0.15) is 57.1 Å². The molecule has 49 heavy (non-hydrogen) atoms. The number of unbranched alkanes of at least 4 members (excludes halogenated alkanes) is 1. The summed E-state index contributed by atoms with van der Waals surface area (Å²) in [5, 5.41) is 0. The van der Waals surface area contributed by atoms with Crippen LogP contribution >= 0.6 is 0 Å². The number of hydrogen-bond acceptors (Lipinski definition) is 4. The highest BCUT2D eigenvalue weighted by atomic mass is 28.3. The van der Waals surface area contributed by atoms with Crippen molar-refractivity contribution in [2.75, 3.05) is 6.61 Å². The van der Waals surface area contributed by atoms with Crippen molar-refractivity contribution in [3.63, 3.8) is 0 Å². The number of nitrogens with zero attached hydrogens (tertiary/aromatic N) is 2. The lowest BCUT2D eigenvalue weighted by molar-refractivity contribution is -0.439. The predicted molar refractivity (Wildman–Crippen MR) is 155 cm³/mol. The number of aromatic nitrogens is 2. The Morgan fingerprint density at radius 1 is 0.592 bits per heavy atom. The van der Waals surface area contributed by atoms with Crippen molar-refractivity contribution in [3.8, 4) is 22.9 Å². The second kappa shape index (κ2) is 14.7. The van der Waals surface area contributed by atoms with Crippen LogP contribution in [0.4, 0.5) is 57.1 Å². The second-order valence-corrected chi connectivity index (χ2v) is 17.3. The second-order valence-electron chi connectivity index (χ2n) is 12.0. The predicted octanol–water partition coefficient (Wildman–Crippen LogP) is 10.7. The van der Waals surface area contributed by atoms with Gasteiger partial charge in [-0.25, -0.2) is 9.97 Å². The molecule has 3 aromatic rings. The maximum absolute atomic E-state index is 14.2. The largest absolute Gasteiger partial charge is 0.494 e. The topological polar surface area (TPSA) is 44.2 Å². The molecule has 3 rings (SSSR count). The fraction of sp³-hybridized carbons (Fsp3) is 0.484. The minimum atomic E-state index is -7.88. The Hall–Kier alpha value is -3.57. The molecule has 0 spiro atoms. The normalized spacial score (nSPS) is 13.8. The van der Waals surface area contributed by atoms with Gasteiger partial charge in [0.1, 0.15) is 12.4 Å². The summed E-state index contributed by atoms with van der Waals surface area (Å²) < 4.78 is 185. The number of rotatable bonds is 17. The van der Waals surface area contributed by atoms with Crippen LogP contribution in [0, 0.1) is 0 Å². The molecular formula is C31H31F13N2O2Si. The minimum absolute atomic E-state index is 0.136. The van der Waals surface area contributed by atoms with E-state index in [0.717, 1.165) is 5.56 Å². The van der Waals surface area contributed by atoms with Gasteiger partial charge < -0.3 is 9.47 Å². The summed E-state index contributed by atoms with van der Waals surface area (Å²) in [5.41, 5.74) is 1.65. The van der Waals surface area contributed by atoms with Crippen LogP contribution in [0.15, 0.2) is 67.0 Å². The van der Waals surface area contributed by atoms with Crippen LogP contribution in [-0.4, -0.2) is 60.4 Å². The van der Waals surface area contributed by atoms with Gasteiger partial charge in [-0.15, -0.1) is 0 Å². The fourth-order valence-electron chi connectivity index (χ4n) is 4.46. The summed E-state index contributed by atoms with van der Waals surface area (Å²) in [6.07, 6.45) is -5.86. The average molecular weight is 739 g/mol. The maximum Gasteiger partial charge on any atom is 0.460 e. The summed E-state index contributed by atoms with van der Waals surface area (Å²) in [5.74, 6) is -35.3. The Bertz CT molecular complexity index is 1490. The molecule has 0 radical (unpaired) electrons. The molecule has 272 valence electrons. The van der Waals surface area contributed by atoms with Crippen LogP contribution in [-0.2, 0) is 6.61 Å². The van der Waals surface area contributed by atoms with Crippen LogP contribution in [0.25, 0.3) is 11.4 Å². The van der Waals surface area contributed by atoms with Gasteiger partial charge in [-0.3, -0.25) is 0 Å². The molecule has 0 saturated carbocycles. The lowest BCUT2D eigenvalue weighted by Crippen LogP contribution is -2.70. The van der Waals surface area contributed by atoms with Gasteiger partial charge in [0.25, 0.3) is 0 Å². The first kappa shape index (κ1) is 39.9. The molecule has 0 fully saturated rings. The van der Waals surface area contributed by atoms with E-state index in [1.807, 2.05) is 30.3 Å². The van der Waals surface area contributed by atoms with Gasteiger partial charge in [0.05, 0.1) is 19.0 Å². The Labute approximate surface area is 273 Å². The molecule has 1 aromatic heterocycles. The highest BCUT2D eigenvalue weighted by Gasteiger charge is 2.90. The first-order valence-corrected chi connectivity index (χ1v) is 18.0. The quantitative estimate of drug-likeness (QED) is 0.0786. The number of ether oxygens (including phenoxy) is 2. The number of benzene rings is 2. The molecule has 0 bridgehead atoms. The Morgan fingerprint density at radius 3 is 1.69 bits per heavy atom. The van der Waals surface area contributed by atoms with Gasteiger partial charge >= 0.3 is 35.8 Å². The molecular weight excluding hydrogens is 707 g/mol. The Morgan fingerprint density at radius 2 is 1.14 bits per heavy atom. The van der Waals surface area contributed by atoms with Crippen molar-refractivity contribution in [3.05, 3.63) is 72.6 Å². The van der Waals surface area contributed by atoms with Crippen molar-refractivity contribution in [1.82, 2.24) is 9.97 Å². The summed E-state index contributed by atoms with van der Waals surface area (Å²) in [7, 11) is -2.92. The smallest absolute Gasteiger partial charge is 0.460 e. The van der Waals surface area contributed by atoms with Crippen molar-refractivity contribution in [2.24, 2.45) is 0 Å². The molecule has 0 unspecified atom stereocenters. The van der Waals surface area contributed by atoms with E-state index in [-0.39, 0.29) is 12.7 Å². The van der Waals surface area contributed by atoms with E-state index in [0.29, 0.717) is 42.3 Å². The van der Waals surface area contributed by atoms with E-state index < -0.39 is 56.3 Å². The monoisotopic (exact) mass is 738 g/mol. The summed E-state index contributed by atoms with van der Waals surface area (Å²) >= 11 is 0. The molecule has 2 aromatic carbocycles. The third-order valence-corrected chi connectivity index (χ3v) is 10.9. The van der Waals surface area contributed by atoms with E-state index >= 15 is 0 Å². The van der Waals surface area contributed by atoms with Gasteiger partial charge in [-0.1, -0.05) is 61.9 Å². The highest BCUT2D eigenvalue weighted by Crippen LogP contribution is 2.61. The van der Waals surface area contributed by atoms with E-state index in [4.69, 9.17) is 9.47 Å². The molecule has 0 saturated heterocycles. The van der Waals surface area contributed by atoms with Crippen LogP contribution in [0.1, 0.15) is 24.8 Å². The van der Waals surface area contributed by atoms with Crippen LogP contribution in [0.5, 0.6) is 11.5 Å². The molecule has 0 amide bonds. The van der Waals surface area contributed by atoms with Crippen LogP contribution in [0.2, 0.25) is 25.2 Å². The van der Waals surface area contributed by atoms with Crippen molar-refractivity contribution in [2.45, 2.75) is 86.8 Å². The van der Waals surface area contributed by atoms with E-state index in [9.17, 15) is 57.1 Å². The average Bonchev–Trinajstić information content (AvgIpc) is 3.03. The Balaban J connectivity index is 1.46. The third kappa shape index (κ3) is 8.97. The highest BCUT2D eigenvalue weighted by molar-refractivity contribution is 6.77. The third-order valence-electron chi connectivity index (χ3n) is 7.62. The van der Waals surface area contributed by atoms with Crippen molar-refractivity contribution >= 4 is 8.07 Å². The van der Waals surface area contributed by atoms with Gasteiger partial charge in [0.15, 0.2) is 11.6 Å². The molecule has 0 N–H and O–H groups in total. The van der Waals surface area contributed by atoms with Crippen molar-refractivity contribution < 1.29 is 66.5 Å². The lowest BCUT2D eigenvalue weighted by Gasteiger charge is -2.40. The lowest BCUT2D eigenvalue weighted by atomic mass is 9.93. The molecule has 0 aliphatic carbocycles. The zero-order valence-corrected chi connectivity index (χ0v) is 26.9. The maximum atomic E-state index is 14.2. The van der Waals surface area contributed by atoms with Gasteiger partial charge in [-0.05, 0) is 36.2 Å². The van der Waals surface area contributed by atoms with E-state index in [2.05, 4.69) is 9.97 Å². The summed E-state index contributed by atoms with van der Waals surface area (Å²) in [6.45, 7) is 3.31. The minimum Gasteiger partial charge on any atom is -0.494 e.